The fourth-order valence-corrected chi connectivity index (χ4v) is 2.59. The van der Waals surface area contributed by atoms with Crippen molar-refractivity contribution in [2.24, 2.45) is 5.92 Å². The van der Waals surface area contributed by atoms with Gasteiger partial charge in [-0.05, 0) is 32.1 Å². The van der Waals surface area contributed by atoms with Gasteiger partial charge in [-0.3, -0.25) is 0 Å². The Morgan fingerprint density at radius 1 is 1.41 bits per heavy atom. The lowest BCUT2D eigenvalue weighted by atomic mass is 9.94. The highest BCUT2D eigenvalue weighted by Gasteiger charge is 2.23. The van der Waals surface area contributed by atoms with E-state index in [0.717, 1.165) is 43.9 Å². The fraction of sp³-hybridized carbons (Fsp3) is 0.692. The van der Waals surface area contributed by atoms with Gasteiger partial charge in [0.25, 0.3) is 0 Å². The highest BCUT2D eigenvalue weighted by molar-refractivity contribution is 6.20. The molecule has 1 atom stereocenters. The van der Waals surface area contributed by atoms with Crippen molar-refractivity contribution < 1.29 is 0 Å². The lowest BCUT2D eigenvalue weighted by Crippen LogP contribution is -2.36. The first kappa shape index (κ1) is 12.6. The van der Waals surface area contributed by atoms with Crippen LogP contribution in [0.5, 0.6) is 0 Å². The molecular weight excluding hydrogens is 234 g/mol. The zero-order valence-corrected chi connectivity index (χ0v) is 11.3. The molecule has 1 saturated heterocycles. The number of hydrogen-bond donors (Lipinski definition) is 0. The minimum atomic E-state index is 0.286. The fourth-order valence-electron chi connectivity index (χ4n) is 2.34. The van der Waals surface area contributed by atoms with Crippen molar-refractivity contribution in [2.45, 2.75) is 38.5 Å². The summed E-state index contributed by atoms with van der Waals surface area (Å²) < 4.78 is 0. The van der Waals surface area contributed by atoms with E-state index in [1.165, 1.54) is 0 Å². The topological polar surface area (TPSA) is 29.0 Å². The second-order valence-corrected chi connectivity index (χ2v) is 5.41. The molecule has 2 heterocycles. The summed E-state index contributed by atoms with van der Waals surface area (Å²) in [7, 11) is 0. The maximum atomic E-state index is 6.15. The normalized spacial score (nSPS) is 19.4. The zero-order valence-electron chi connectivity index (χ0n) is 10.6. The number of aryl methyl sites for hydroxylation is 1. The predicted octanol–water partition coefficient (Wildman–Crippen LogP) is 2.88. The largest absolute Gasteiger partial charge is 0.356 e. The van der Waals surface area contributed by atoms with Crippen LogP contribution in [0.3, 0.4) is 0 Å². The molecule has 0 saturated carbocycles. The maximum absolute atomic E-state index is 6.15. The highest BCUT2D eigenvalue weighted by Crippen LogP contribution is 2.26. The van der Waals surface area contributed by atoms with E-state index < -0.39 is 0 Å². The van der Waals surface area contributed by atoms with Crippen LogP contribution in [0.25, 0.3) is 0 Å². The summed E-state index contributed by atoms with van der Waals surface area (Å²) in [5, 5.41) is 0.286. The van der Waals surface area contributed by atoms with E-state index in [2.05, 4.69) is 34.8 Å². The molecule has 1 aromatic rings. The van der Waals surface area contributed by atoms with Crippen molar-refractivity contribution in [3.63, 3.8) is 0 Å². The van der Waals surface area contributed by atoms with Crippen LogP contribution in [0, 0.1) is 5.92 Å². The van der Waals surface area contributed by atoms with Crippen LogP contribution in [-0.2, 0) is 6.42 Å². The number of aromatic nitrogens is 2. The Morgan fingerprint density at radius 2 is 2.12 bits per heavy atom. The molecule has 0 aromatic carbocycles. The SMILES string of the molecule is CCc1cc(N2CCC(C(C)Cl)CC2)ncn1. The molecule has 4 heteroatoms. The van der Waals surface area contributed by atoms with Gasteiger partial charge in [-0.1, -0.05) is 6.92 Å². The lowest BCUT2D eigenvalue weighted by Gasteiger charge is -2.33. The van der Waals surface area contributed by atoms with Crippen LogP contribution in [0.4, 0.5) is 5.82 Å². The molecule has 1 aliphatic heterocycles. The van der Waals surface area contributed by atoms with Crippen LogP contribution >= 0.6 is 11.6 Å². The van der Waals surface area contributed by atoms with Gasteiger partial charge < -0.3 is 4.90 Å². The molecule has 0 radical (unpaired) electrons. The summed E-state index contributed by atoms with van der Waals surface area (Å²) >= 11 is 6.15. The van der Waals surface area contributed by atoms with Gasteiger partial charge in [0.15, 0.2) is 0 Å². The third-order valence-corrected chi connectivity index (χ3v) is 3.94. The Morgan fingerprint density at radius 3 is 2.71 bits per heavy atom. The average molecular weight is 254 g/mol. The van der Waals surface area contributed by atoms with Gasteiger partial charge >= 0.3 is 0 Å². The molecule has 17 heavy (non-hydrogen) atoms. The van der Waals surface area contributed by atoms with E-state index in [1.54, 1.807) is 6.33 Å². The molecule has 0 bridgehead atoms. The van der Waals surface area contributed by atoms with E-state index in [4.69, 9.17) is 11.6 Å². The van der Waals surface area contributed by atoms with Crippen LogP contribution in [-0.4, -0.2) is 28.4 Å². The molecular formula is C13H20ClN3. The summed E-state index contributed by atoms with van der Waals surface area (Å²) in [5.41, 5.74) is 1.11. The molecule has 2 rings (SSSR count). The molecule has 0 aliphatic carbocycles. The average Bonchev–Trinajstić information content (AvgIpc) is 2.39. The van der Waals surface area contributed by atoms with Gasteiger partial charge in [0.2, 0.25) is 0 Å². The molecule has 3 nitrogen and oxygen atoms in total. The van der Waals surface area contributed by atoms with Gasteiger partial charge in [-0.15, -0.1) is 11.6 Å². The summed E-state index contributed by atoms with van der Waals surface area (Å²) in [6, 6.07) is 2.10. The van der Waals surface area contributed by atoms with Gasteiger partial charge in [-0.2, -0.15) is 0 Å². The minimum absolute atomic E-state index is 0.286. The molecule has 1 aromatic heterocycles. The van der Waals surface area contributed by atoms with E-state index in [0.29, 0.717) is 5.92 Å². The first-order valence-corrected chi connectivity index (χ1v) is 6.84. The van der Waals surface area contributed by atoms with Crippen molar-refractivity contribution >= 4 is 17.4 Å². The number of anilines is 1. The van der Waals surface area contributed by atoms with Crippen molar-refractivity contribution in [1.82, 2.24) is 9.97 Å². The second kappa shape index (κ2) is 5.67. The molecule has 0 amide bonds. The lowest BCUT2D eigenvalue weighted by molar-refractivity contribution is 0.398. The molecule has 1 fully saturated rings. The van der Waals surface area contributed by atoms with Gasteiger partial charge in [0.1, 0.15) is 12.1 Å². The first-order valence-electron chi connectivity index (χ1n) is 6.40. The Labute approximate surface area is 108 Å². The number of rotatable bonds is 3. The number of nitrogens with zero attached hydrogens (tertiary/aromatic N) is 3. The Bertz CT molecular complexity index is 359. The standard InChI is InChI=1S/C13H20ClN3/c1-3-12-8-13(16-9-15-12)17-6-4-11(5-7-17)10(2)14/h8-11H,3-7H2,1-2H3. The second-order valence-electron chi connectivity index (χ2n) is 4.72. The summed E-state index contributed by atoms with van der Waals surface area (Å²) in [6.45, 7) is 6.33. The predicted molar refractivity (Wildman–Crippen MR) is 71.7 cm³/mol. The summed E-state index contributed by atoms with van der Waals surface area (Å²) in [6.07, 6.45) is 4.96. The van der Waals surface area contributed by atoms with Crippen molar-refractivity contribution in [3.05, 3.63) is 18.1 Å². The molecule has 1 unspecified atom stereocenters. The third-order valence-electron chi connectivity index (χ3n) is 3.58. The maximum Gasteiger partial charge on any atom is 0.132 e. The number of piperidine rings is 1. The Kier molecular flexibility index (Phi) is 4.21. The molecule has 94 valence electrons. The van der Waals surface area contributed by atoms with Gasteiger partial charge in [-0.25, -0.2) is 9.97 Å². The van der Waals surface area contributed by atoms with E-state index in [1.807, 2.05) is 0 Å². The van der Waals surface area contributed by atoms with Gasteiger partial charge in [0.05, 0.1) is 0 Å². The summed E-state index contributed by atoms with van der Waals surface area (Å²) in [4.78, 5) is 10.9. The van der Waals surface area contributed by atoms with E-state index in [-0.39, 0.29) is 5.38 Å². The number of halogens is 1. The molecule has 1 aliphatic rings. The monoisotopic (exact) mass is 253 g/mol. The van der Waals surface area contributed by atoms with Crippen LogP contribution in [0.15, 0.2) is 12.4 Å². The van der Waals surface area contributed by atoms with Crippen molar-refractivity contribution in [3.8, 4) is 0 Å². The Hall–Kier alpha value is -0.830. The number of alkyl halides is 1. The van der Waals surface area contributed by atoms with Crippen LogP contribution < -0.4 is 4.90 Å². The van der Waals surface area contributed by atoms with Crippen molar-refractivity contribution in [2.75, 3.05) is 18.0 Å². The highest BCUT2D eigenvalue weighted by atomic mass is 35.5. The van der Waals surface area contributed by atoms with Crippen LogP contribution in [0.2, 0.25) is 0 Å². The molecule has 0 spiro atoms. The smallest absolute Gasteiger partial charge is 0.132 e. The van der Waals surface area contributed by atoms with Gasteiger partial charge in [0, 0.05) is 30.2 Å². The first-order chi connectivity index (χ1) is 8.20. The molecule has 0 N–H and O–H groups in total. The quantitative estimate of drug-likeness (QED) is 0.776. The number of hydrogen-bond acceptors (Lipinski definition) is 3. The Balaban J connectivity index is 2.00. The van der Waals surface area contributed by atoms with E-state index >= 15 is 0 Å². The minimum Gasteiger partial charge on any atom is -0.356 e. The van der Waals surface area contributed by atoms with E-state index in [9.17, 15) is 0 Å². The third kappa shape index (κ3) is 3.09. The zero-order chi connectivity index (χ0) is 12.3. The van der Waals surface area contributed by atoms with Crippen molar-refractivity contribution in [1.29, 1.82) is 0 Å². The summed E-state index contributed by atoms with van der Waals surface area (Å²) in [5.74, 6) is 1.72. The van der Waals surface area contributed by atoms with Crippen LogP contribution in [0.1, 0.15) is 32.4 Å².